The molecule has 0 spiro atoms. The van der Waals surface area contributed by atoms with Gasteiger partial charge in [0.1, 0.15) is 21.6 Å². The molecule has 196 valence electrons. The Hall–Kier alpha value is -3.92. The van der Waals surface area contributed by atoms with Crippen LogP contribution >= 0.6 is 27.5 Å². The maximum atomic E-state index is 12.8. The summed E-state index contributed by atoms with van der Waals surface area (Å²) in [6, 6.07) is 14.4. The van der Waals surface area contributed by atoms with E-state index in [1.54, 1.807) is 25.1 Å². The maximum Gasteiger partial charge on any atom is 0.339 e. The lowest BCUT2D eigenvalue weighted by Gasteiger charge is -2.15. The first-order chi connectivity index (χ1) is 17.9. The summed E-state index contributed by atoms with van der Waals surface area (Å²) in [5, 5.41) is 23.0. The molecule has 0 aliphatic carbocycles. The van der Waals surface area contributed by atoms with Gasteiger partial charge in [0.25, 0.3) is 11.6 Å². The van der Waals surface area contributed by atoms with Crippen LogP contribution in [0.25, 0.3) is 6.08 Å². The molecule has 38 heavy (non-hydrogen) atoms. The summed E-state index contributed by atoms with van der Waals surface area (Å²) in [5.41, 5.74) is 0.511. The van der Waals surface area contributed by atoms with E-state index >= 15 is 0 Å². The minimum Gasteiger partial charge on any atom is -0.490 e. The van der Waals surface area contributed by atoms with Crippen LogP contribution in [-0.4, -0.2) is 25.9 Å². The highest BCUT2D eigenvalue weighted by Crippen LogP contribution is 2.39. The van der Waals surface area contributed by atoms with Gasteiger partial charge in [0, 0.05) is 11.8 Å². The summed E-state index contributed by atoms with van der Waals surface area (Å²) >= 11 is 9.07. The first-order valence-corrected chi connectivity index (χ1v) is 13.4. The molecule has 0 bridgehead atoms. The zero-order valence-corrected chi connectivity index (χ0v) is 23.1. The Labute approximate surface area is 231 Å². The number of aryl methyl sites for hydroxylation is 1. The Morgan fingerprint density at radius 1 is 1.21 bits per heavy atom. The van der Waals surface area contributed by atoms with Crippen molar-refractivity contribution in [2.45, 2.75) is 18.7 Å². The van der Waals surface area contributed by atoms with Crippen molar-refractivity contribution in [1.82, 2.24) is 0 Å². The van der Waals surface area contributed by atoms with Crippen molar-refractivity contribution < 1.29 is 27.1 Å². The number of nitriles is 1. The standard InChI is InChI=1S/C25H19BrClN3O7S/c1-3-36-23-12-16(11-20(26)24(23)37-38(34,35)19-7-4-15(2)5-8-19)10-17(14-28)25(31)29-18-6-9-21(27)22(13-18)30(32)33/h4-13H,3H2,1-2H3,(H,29,31)/b17-10+. The molecule has 3 aromatic carbocycles. The van der Waals surface area contributed by atoms with Gasteiger partial charge in [-0.3, -0.25) is 14.9 Å². The highest BCUT2D eigenvalue weighted by molar-refractivity contribution is 9.10. The molecule has 3 aromatic rings. The van der Waals surface area contributed by atoms with E-state index in [9.17, 15) is 28.6 Å². The molecule has 1 N–H and O–H groups in total. The number of halogens is 2. The lowest BCUT2D eigenvalue weighted by atomic mass is 10.1. The minimum atomic E-state index is -4.19. The molecule has 0 heterocycles. The molecule has 0 atom stereocenters. The summed E-state index contributed by atoms with van der Waals surface area (Å²) in [5.74, 6) is -0.892. The SMILES string of the molecule is CCOc1cc(/C=C(\C#N)C(=O)Nc2ccc(Cl)c([N+](=O)[O-])c2)cc(Br)c1OS(=O)(=O)c1ccc(C)cc1. The Kier molecular flexibility index (Phi) is 9.11. The first-order valence-electron chi connectivity index (χ1n) is 10.8. The largest absolute Gasteiger partial charge is 0.490 e. The van der Waals surface area contributed by atoms with Gasteiger partial charge in [-0.25, -0.2) is 0 Å². The summed E-state index contributed by atoms with van der Waals surface area (Å²) in [7, 11) is -4.19. The molecular formula is C25H19BrClN3O7S. The summed E-state index contributed by atoms with van der Waals surface area (Å²) in [6.45, 7) is 3.68. The molecule has 0 aliphatic rings. The van der Waals surface area contributed by atoms with Crippen molar-refractivity contribution in [3.8, 4) is 17.6 Å². The summed E-state index contributed by atoms with van der Waals surface area (Å²) < 4.78 is 36.8. The number of carbonyl (C=O) groups is 1. The van der Waals surface area contributed by atoms with Gasteiger partial charge in [-0.15, -0.1) is 0 Å². The van der Waals surface area contributed by atoms with Crippen molar-refractivity contribution in [3.63, 3.8) is 0 Å². The lowest BCUT2D eigenvalue weighted by molar-refractivity contribution is -0.384. The van der Waals surface area contributed by atoms with Crippen molar-refractivity contribution in [1.29, 1.82) is 5.26 Å². The molecular weight excluding hydrogens is 602 g/mol. The fourth-order valence-electron chi connectivity index (χ4n) is 3.12. The molecule has 0 fully saturated rings. The number of nitro groups is 1. The highest BCUT2D eigenvalue weighted by atomic mass is 79.9. The summed E-state index contributed by atoms with van der Waals surface area (Å²) in [6.07, 6.45) is 1.24. The van der Waals surface area contributed by atoms with E-state index in [1.165, 1.54) is 42.5 Å². The van der Waals surface area contributed by atoms with E-state index < -0.39 is 26.6 Å². The first kappa shape index (κ1) is 28.6. The van der Waals surface area contributed by atoms with Gasteiger partial charge in [0.15, 0.2) is 11.5 Å². The van der Waals surface area contributed by atoms with Gasteiger partial charge < -0.3 is 14.2 Å². The van der Waals surface area contributed by atoms with E-state index in [2.05, 4.69) is 21.2 Å². The van der Waals surface area contributed by atoms with Crippen LogP contribution in [-0.2, 0) is 14.9 Å². The molecule has 0 saturated carbocycles. The van der Waals surface area contributed by atoms with Crippen LogP contribution < -0.4 is 14.2 Å². The van der Waals surface area contributed by atoms with Gasteiger partial charge in [0.2, 0.25) is 0 Å². The second kappa shape index (κ2) is 12.1. The normalized spacial score (nSPS) is 11.4. The predicted octanol–water partition coefficient (Wildman–Crippen LogP) is 6.03. The Morgan fingerprint density at radius 2 is 1.89 bits per heavy atom. The number of carbonyl (C=O) groups excluding carboxylic acids is 1. The van der Waals surface area contributed by atoms with Gasteiger partial charge in [0.05, 0.1) is 16.0 Å². The van der Waals surface area contributed by atoms with E-state index in [0.717, 1.165) is 11.6 Å². The van der Waals surface area contributed by atoms with Crippen LogP contribution in [0.4, 0.5) is 11.4 Å². The average Bonchev–Trinajstić information content (AvgIpc) is 2.86. The van der Waals surface area contributed by atoms with Crippen molar-refractivity contribution in [2.75, 3.05) is 11.9 Å². The van der Waals surface area contributed by atoms with Crippen molar-refractivity contribution in [3.05, 3.63) is 90.9 Å². The molecule has 10 nitrogen and oxygen atoms in total. The van der Waals surface area contributed by atoms with Crippen molar-refractivity contribution in [2.24, 2.45) is 0 Å². The number of hydrogen-bond acceptors (Lipinski definition) is 8. The number of nitrogens with one attached hydrogen (secondary N) is 1. The average molecular weight is 621 g/mol. The van der Waals surface area contributed by atoms with Crippen LogP contribution in [0.3, 0.4) is 0 Å². The van der Waals surface area contributed by atoms with Crippen molar-refractivity contribution >= 4 is 61.0 Å². The number of benzene rings is 3. The fourth-order valence-corrected chi connectivity index (χ4v) is 4.91. The number of nitro benzene ring substituents is 1. The lowest BCUT2D eigenvalue weighted by Crippen LogP contribution is -2.13. The number of amides is 1. The molecule has 1 amide bonds. The Morgan fingerprint density at radius 3 is 2.50 bits per heavy atom. The fraction of sp³-hybridized carbons (Fsp3) is 0.120. The van der Waals surface area contributed by atoms with Crippen LogP contribution in [0.15, 0.2) is 69.5 Å². The topological polar surface area (TPSA) is 149 Å². The van der Waals surface area contributed by atoms with Gasteiger partial charge >= 0.3 is 10.1 Å². The molecule has 13 heteroatoms. The molecule has 3 rings (SSSR count). The number of nitrogens with zero attached hydrogens (tertiary/aromatic N) is 2. The number of ether oxygens (including phenoxy) is 1. The predicted molar refractivity (Wildman–Crippen MR) is 145 cm³/mol. The maximum absolute atomic E-state index is 12.8. The molecule has 0 aliphatic heterocycles. The number of rotatable bonds is 9. The van der Waals surface area contributed by atoms with Gasteiger partial charge in [-0.2, -0.15) is 13.7 Å². The second-order valence-corrected chi connectivity index (χ2v) is 10.5. The third-order valence-corrected chi connectivity index (χ3v) is 7.06. The van der Waals surface area contributed by atoms with Gasteiger partial charge in [-0.05, 0) is 77.8 Å². The molecule has 0 aromatic heterocycles. The van der Waals surface area contributed by atoms with Crippen LogP contribution in [0.5, 0.6) is 11.5 Å². The molecule has 0 unspecified atom stereocenters. The summed E-state index contributed by atoms with van der Waals surface area (Å²) in [4.78, 5) is 23.0. The molecule has 0 radical (unpaired) electrons. The highest BCUT2D eigenvalue weighted by Gasteiger charge is 2.23. The quantitative estimate of drug-likeness (QED) is 0.100. The zero-order chi connectivity index (χ0) is 28.0. The third kappa shape index (κ3) is 6.89. The van der Waals surface area contributed by atoms with Crippen LogP contribution in [0.2, 0.25) is 5.02 Å². The third-order valence-electron chi connectivity index (χ3n) is 4.91. The minimum absolute atomic E-state index is 0.0488. The Bertz CT molecular complexity index is 1580. The van der Waals surface area contributed by atoms with E-state index in [1.807, 2.05) is 6.92 Å². The van der Waals surface area contributed by atoms with Crippen LogP contribution in [0, 0.1) is 28.4 Å². The number of anilines is 1. The van der Waals surface area contributed by atoms with E-state index in [4.69, 9.17) is 20.5 Å². The monoisotopic (exact) mass is 619 g/mol. The van der Waals surface area contributed by atoms with Gasteiger partial charge in [-0.1, -0.05) is 29.3 Å². The van der Waals surface area contributed by atoms with E-state index in [0.29, 0.717) is 5.56 Å². The smallest absolute Gasteiger partial charge is 0.339 e. The van der Waals surface area contributed by atoms with E-state index in [-0.39, 0.29) is 43.8 Å². The second-order valence-electron chi connectivity index (χ2n) is 7.66. The number of hydrogen-bond donors (Lipinski definition) is 1. The Balaban J connectivity index is 1.93. The molecule has 0 saturated heterocycles. The van der Waals surface area contributed by atoms with Crippen LogP contribution in [0.1, 0.15) is 18.1 Å². The zero-order valence-electron chi connectivity index (χ0n) is 19.9.